The molecule has 60 valence electrons. The quantitative estimate of drug-likeness (QED) is 0.498. The Balaban J connectivity index is 3.38. The summed E-state index contributed by atoms with van der Waals surface area (Å²) in [6.07, 6.45) is 2.41. The molecule has 0 aromatic rings. The molecule has 1 atom stereocenters. The number of ketones is 1. The maximum absolute atomic E-state index is 10.8. The van der Waals surface area contributed by atoms with Gasteiger partial charge in [-0.25, -0.2) is 0 Å². The third kappa shape index (κ3) is 4.47. The number of nitrogens with two attached hydrogens (primary N) is 2. The lowest BCUT2D eigenvalue weighted by molar-refractivity contribution is -0.118. The van der Waals surface area contributed by atoms with Crippen molar-refractivity contribution in [3.05, 3.63) is 0 Å². The molecule has 0 saturated carbocycles. The van der Waals surface area contributed by atoms with Crippen LogP contribution in [0, 0.1) is 0 Å². The molecule has 0 aromatic heterocycles. The molecule has 3 heteroatoms. The van der Waals surface area contributed by atoms with Gasteiger partial charge in [-0.3, -0.25) is 4.79 Å². The predicted octanol–water partition coefficient (Wildman–Crippen LogP) is 0.0317. The second-order valence-electron chi connectivity index (χ2n) is 2.41. The Bertz CT molecular complexity index is 133. The van der Waals surface area contributed by atoms with Crippen LogP contribution >= 0.6 is 0 Å². The standard InChI is InChI=1S/C7H16N2O/c1-6(10)7(9)4-2-3-5-8/h7H,2-5,8-9H2,1H3/i/hD2. The number of carbonyl (C=O) groups is 1. The molecule has 10 heavy (non-hydrogen) atoms. The molecule has 3 nitrogen and oxygen atoms in total. The van der Waals surface area contributed by atoms with Gasteiger partial charge in [0.2, 0.25) is 0 Å². The lowest BCUT2D eigenvalue weighted by atomic mass is 10.1. The number of hydrogen-bond donors (Lipinski definition) is 2. The first-order chi connectivity index (χ1) is 5.72. The topological polar surface area (TPSA) is 69.1 Å². The highest BCUT2D eigenvalue weighted by molar-refractivity contribution is 5.80. The Morgan fingerprint density at radius 1 is 1.70 bits per heavy atom. The summed E-state index contributed by atoms with van der Waals surface area (Å²) in [5.41, 5.74) is 4.50. The predicted molar refractivity (Wildman–Crippen MR) is 41.6 cm³/mol. The largest absolute Gasteiger partial charge is 0.330 e. The van der Waals surface area contributed by atoms with E-state index in [4.69, 9.17) is 2.82 Å². The van der Waals surface area contributed by atoms with E-state index in [1.807, 2.05) is 0 Å². The normalized spacial score (nSPS) is 15.7. The first kappa shape index (κ1) is 6.31. The van der Waals surface area contributed by atoms with Crippen molar-refractivity contribution in [2.45, 2.75) is 32.2 Å². The molecule has 0 aliphatic rings. The zero-order valence-corrected chi connectivity index (χ0v) is 6.31. The SMILES string of the molecule is [2H]NCCCCC(N[2H])C(C)=O. The van der Waals surface area contributed by atoms with Crippen LogP contribution in [0.4, 0.5) is 0 Å². The maximum atomic E-state index is 10.8. The van der Waals surface area contributed by atoms with Crippen molar-refractivity contribution in [1.82, 2.24) is 0 Å². The van der Waals surface area contributed by atoms with E-state index in [2.05, 4.69) is 11.5 Å². The lowest BCUT2D eigenvalue weighted by Gasteiger charge is -2.05. The van der Waals surface area contributed by atoms with E-state index in [0.717, 1.165) is 12.8 Å². The smallest absolute Gasteiger partial charge is 0.146 e. The molecular weight excluding hydrogens is 128 g/mol. The molecule has 0 aliphatic carbocycles. The van der Waals surface area contributed by atoms with Crippen molar-refractivity contribution >= 4 is 5.78 Å². The highest BCUT2D eigenvalue weighted by Gasteiger charge is 2.05. The molecule has 0 heterocycles. The fourth-order valence-electron chi connectivity index (χ4n) is 0.677. The Labute approximate surface area is 64.7 Å². The zero-order chi connectivity index (χ0) is 9.40. The van der Waals surface area contributed by atoms with Gasteiger partial charge in [-0.1, -0.05) is 6.42 Å². The van der Waals surface area contributed by atoms with E-state index < -0.39 is 0 Å². The van der Waals surface area contributed by atoms with Gasteiger partial charge in [0.25, 0.3) is 0 Å². The molecule has 0 aromatic carbocycles. The van der Waals surface area contributed by atoms with Crippen LogP contribution < -0.4 is 11.5 Å². The minimum absolute atomic E-state index is 0.00355. The van der Waals surface area contributed by atoms with Crippen molar-refractivity contribution in [3.63, 3.8) is 0 Å². The van der Waals surface area contributed by atoms with Gasteiger partial charge < -0.3 is 11.5 Å². The molecule has 0 saturated heterocycles. The molecule has 0 rings (SSSR count). The number of rotatable bonds is 7. The molecular formula is C7H16N2O. The maximum Gasteiger partial charge on any atom is 0.146 e. The van der Waals surface area contributed by atoms with Crippen molar-refractivity contribution in [3.8, 4) is 0 Å². The van der Waals surface area contributed by atoms with Crippen LogP contribution in [0.1, 0.15) is 26.2 Å². The van der Waals surface area contributed by atoms with Gasteiger partial charge in [0.15, 0.2) is 0 Å². The summed E-state index contributed by atoms with van der Waals surface area (Å²) in [7, 11) is 0. The van der Waals surface area contributed by atoms with Gasteiger partial charge in [0, 0.05) is 0 Å². The van der Waals surface area contributed by atoms with Gasteiger partial charge >= 0.3 is 0 Å². The van der Waals surface area contributed by atoms with Crippen LogP contribution in [-0.4, -0.2) is 18.4 Å². The fourth-order valence-corrected chi connectivity index (χ4v) is 0.677. The Morgan fingerprint density at radius 3 is 3.00 bits per heavy atom. The first-order valence-corrected chi connectivity index (χ1v) is 3.54. The third-order valence-electron chi connectivity index (χ3n) is 1.41. The molecule has 0 fully saturated rings. The third-order valence-corrected chi connectivity index (χ3v) is 1.41. The van der Waals surface area contributed by atoms with Crippen molar-refractivity contribution in [2.24, 2.45) is 11.5 Å². The number of Topliss-reactive ketones (excluding diaryl/α,β-unsaturated/α-hetero) is 1. The molecule has 4 N–H and O–H groups in total. The zero-order valence-electron chi connectivity index (χ0n) is 8.31. The second-order valence-corrected chi connectivity index (χ2v) is 2.41. The minimum Gasteiger partial charge on any atom is -0.330 e. The summed E-state index contributed by atoms with van der Waals surface area (Å²) < 4.78 is 13.5. The summed E-state index contributed by atoms with van der Waals surface area (Å²) in [5.74, 6) is 0.00355. The highest BCUT2D eigenvalue weighted by atomic mass is 16.1. The minimum atomic E-state index is -0.337. The van der Waals surface area contributed by atoms with Crippen LogP contribution in [0.2, 0.25) is 2.82 Å². The van der Waals surface area contributed by atoms with Gasteiger partial charge in [-0.15, -0.1) is 0 Å². The van der Waals surface area contributed by atoms with E-state index in [1.54, 1.807) is 0 Å². The average Bonchev–Trinajstić information content (AvgIpc) is 2.04. The van der Waals surface area contributed by atoms with E-state index in [0.29, 0.717) is 13.0 Å². The first-order valence-electron chi connectivity index (χ1n) is 4.54. The van der Waals surface area contributed by atoms with E-state index >= 15 is 0 Å². The van der Waals surface area contributed by atoms with E-state index in [-0.39, 0.29) is 11.8 Å². The second kappa shape index (κ2) is 5.38. The fraction of sp³-hybridized carbons (Fsp3) is 0.857. The monoisotopic (exact) mass is 146 g/mol. The van der Waals surface area contributed by atoms with Crippen LogP contribution in [0.5, 0.6) is 0 Å². The molecule has 1 unspecified atom stereocenters. The summed E-state index contributed by atoms with van der Waals surface area (Å²) in [5, 5.41) is 0. The number of hydrogen-bond acceptors (Lipinski definition) is 3. The Hall–Kier alpha value is -0.410. The van der Waals surface area contributed by atoms with Crippen LogP contribution in [0.15, 0.2) is 0 Å². The molecule has 0 aliphatic heterocycles. The van der Waals surface area contributed by atoms with Crippen LogP contribution in [-0.2, 0) is 4.79 Å². The summed E-state index contributed by atoms with van der Waals surface area (Å²) >= 11 is 0. The lowest BCUT2D eigenvalue weighted by Crippen LogP contribution is -2.28. The van der Waals surface area contributed by atoms with Gasteiger partial charge in [0.1, 0.15) is 8.61 Å². The molecule has 0 bridgehead atoms. The average molecular weight is 146 g/mol. The van der Waals surface area contributed by atoms with Crippen molar-refractivity contribution < 1.29 is 7.62 Å². The summed E-state index contributed by atoms with van der Waals surface area (Å²) in [4.78, 5) is 10.8. The van der Waals surface area contributed by atoms with Crippen molar-refractivity contribution in [1.29, 1.82) is 0 Å². The summed E-state index contributed by atoms with van der Waals surface area (Å²) in [6, 6.07) is -0.337. The number of unbranched alkanes of at least 4 members (excludes halogenated alkanes) is 1. The van der Waals surface area contributed by atoms with Crippen LogP contribution in [0.25, 0.3) is 0 Å². The van der Waals surface area contributed by atoms with Gasteiger partial charge in [0.05, 0.1) is 6.04 Å². The molecule has 0 spiro atoms. The van der Waals surface area contributed by atoms with Crippen LogP contribution in [0.3, 0.4) is 0 Å². The highest BCUT2D eigenvalue weighted by Crippen LogP contribution is 1.97. The van der Waals surface area contributed by atoms with Gasteiger partial charge in [-0.2, -0.15) is 0 Å². The Kier molecular flexibility index (Phi) is 3.40. The number of carbonyl (C=O) groups excluding carboxylic acids is 1. The van der Waals surface area contributed by atoms with Gasteiger partial charge in [-0.05, 0) is 26.3 Å². The van der Waals surface area contributed by atoms with E-state index in [1.165, 1.54) is 6.92 Å². The Morgan fingerprint density at radius 2 is 2.50 bits per heavy atom. The van der Waals surface area contributed by atoms with Crippen molar-refractivity contribution in [2.75, 3.05) is 6.54 Å². The van der Waals surface area contributed by atoms with E-state index in [9.17, 15) is 4.79 Å². The molecule has 0 radical (unpaired) electrons. The molecule has 0 amide bonds. The summed E-state index contributed by atoms with van der Waals surface area (Å²) in [6.45, 7) is 2.12.